The molecule has 10 heteroatoms. The minimum absolute atomic E-state index is 0.181. The average Bonchev–Trinajstić information content (AvgIpc) is 2.93. The predicted molar refractivity (Wildman–Crippen MR) is 151 cm³/mol. The topological polar surface area (TPSA) is 92.0 Å². The van der Waals surface area contributed by atoms with Gasteiger partial charge in [-0.2, -0.15) is 9.78 Å². The van der Waals surface area contributed by atoms with E-state index in [1.807, 2.05) is 43.3 Å². The molecule has 1 atom stereocenters. The molecule has 0 saturated carbocycles. The van der Waals surface area contributed by atoms with Crippen molar-refractivity contribution in [2.24, 2.45) is 5.10 Å². The lowest BCUT2D eigenvalue weighted by Gasteiger charge is -2.19. The van der Waals surface area contributed by atoms with E-state index in [1.165, 1.54) is 10.9 Å². The van der Waals surface area contributed by atoms with E-state index in [2.05, 4.69) is 21.0 Å². The van der Waals surface area contributed by atoms with Gasteiger partial charge in [-0.3, -0.25) is 4.79 Å². The number of carbonyl (C=O) groups excluding carboxylic acids is 1. The lowest BCUT2D eigenvalue weighted by atomic mass is 10.2. The summed E-state index contributed by atoms with van der Waals surface area (Å²) in [7, 11) is 0. The molecule has 1 aromatic heterocycles. The molecule has 0 saturated heterocycles. The van der Waals surface area contributed by atoms with Crippen LogP contribution in [0.4, 0.5) is 0 Å². The SMILES string of the molecule is CCOC(=O)[C@@H](C)Oc1c(OCC)cc(C=Nn2c(-c3ccccc3)nc3ccccc3c2=O)c(Br)c1Cl. The van der Waals surface area contributed by atoms with Crippen LogP contribution in [0.1, 0.15) is 26.3 Å². The molecule has 0 aliphatic heterocycles. The summed E-state index contributed by atoms with van der Waals surface area (Å²) >= 11 is 10.1. The zero-order valence-corrected chi connectivity index (χ0v) is 23.3. The molecule has 0 aliphatic carbocycles. The largest absolute Gasteiger partial charge is 0.490 e. The van der Waals surface area contributed by atoms with Crippen molar-refractivity contribution in [3.05, 3.63) is 86.1 Å². The van der Waals surface area contributed by atoms with Crippen molar-refractivity contribution in [1.29, 1.82) is 0 Å². The Morgan fingerprint density at radius 1 is 1.13 bits per heavy atom. The molecule has 0 unspecified atom stereocenters. The fourth-order valence-corrected chi connectivity index (χ4v) is 4.32. The Kier molecular flexibility index (Phi) is 8.81. The highest BCUT2D eigenvalue weighted by molar-refractivity contribution is 9.10. The molecule has 0 spiro atoms. The maximum Gasteiger partial charge on any atom is 0.347 e. The Morgan fingerprint density at radius 3 is 2.55 bits per heavy atom. The first-order valence-corrected chi connectivity index (χ1v) is 13.1. The normalized spacial score (nSPS) is 12.0. The van der Waals surface area contributed by atoms with Gasteiger partial charge in [-0.1, -0.05) is 54.1 Å². The van der Waals surface area contributed by atoms with E-state index in [0.717, 1.165) is 5.56 Å². The van der Waals surface area contributed by atoms with Crippen LogP contribution in [0.5, 0.6) is 11.5 Å². The van der Waals surface area contributed by atoms with Crippen molar-refractivity contribution < 1.29 is 19.0 Å². The number of fused-ring (bicyclic) bond motifs is 1. The van der Waals surface area contributed by atoms with Crippen molar-refractivity contribution in [3.63, 3.8) is 0 Å². The van der Waals surface area contributed by atoms with Crippen molar-refractivity contribution in [2.45, 2.75) is 26.9 Å². The summed E-state index contributed by atoms with van der Waals surface area (Å²) in [6.45, 7) is 5.65. The number of rotatable bonds is 9. The van der Waals surface area contributed by atoms with E-state index < -0.39 is 12.1 Å². The molecule has 1 heterocycles. The van der Waals surface area contributed by atoms with Gasteiger partial charge in [-0.25, -0.2) is 9.78 Å². The Bertz CT molecular complexity index is 1560. The van der Waals surface area contributed by atoms with Gasteiger partial charge in [0.05, 0.1) is 30.3 Å². The second-order valence-electron chi connectivity index (χ2n) is 8.05. The molecular formula is C28H25BrClN3O5. The van der Waals surface area contributed by atoms with Crippen molar-refractivity contribution in [3.8, 4) is 22.9 Å². The van der Waals surface area contributed by atoms with Crippen molar-refractivity contribution in [1.82, 2.24) is 9.66 Å². The number of hydrogen-bond donors (Lipinski definition) is 0. The van der Waals surface area contributed by atoms with Crippen LogP contribution in [0.3, 0.4) is 0 Å². The molecule has 0 radical (unpaired) electrons. The van der Waals surface area contributed by atoms with E-state index in [-0.39, 0.29) is 22.9 Å². The van der Waals surface area contributed by atoms with E-state index in [4.69, 9.17) is 30.8 Å². The van der Waals surface area contributed by atoms with Crippen LogP contribution < -0.4 is 15.0 Å². The molecule has 8 nitrogen and oxygen atoms in total. The smallest absolute Gasteiger partial charge is 0.347 e. The summed E-state index contributed by atoms with van der Waals surface area (Å²) in [4.78, 5) is 30.3. The third-order valence-corrected chi connectivity index (χ3v) is 6.91. The lowest BCUT2D eigenvalue weighted by Crippen LogP contribution is -2.26. The summed E-state index contributed by atoms with van der Waals surface area (Å²) < 4.78 is 18.3. The standard InChI is InChI=1S/C28H25BrClN3O5/c1-4-36-22-15-19(23(29)24(30)25(22)38-17(3)28(35)37-5-2)16-31-33-26(18-11-7-6-8-12-18)32-21-14-10-9-13-20(21)27(33)34/h6-17H,4-5H2,1-3H3/t17-/m1/s1. The molecule has 0 amide bonds. The number of benzene rings is 3. The van der Waals surface area contributed by atoms with Gasteiger partial charge in [-0.15, -0.1) is 0 Å². The van der Waals surface area contributed by atoms with Crippen LogP contribution in [-0.4, -0.2) is 41.2 Å². The van der Waals surface area contributed by atoms with E-state index in [1.54, 1.807) is 38.1 Å². The van der Waals surface area contributed by atoms with Crippen LogP contribution >= 0.6 is 27.5 Å². The van der Waals surface area contributed by atoms with Crippen LogP contribution in [-0.2, 0) is 9.53 Å². The number of hydrogen-bond acceptors (Lipinski definition) is 7. The number of carbonyl (C=O) groups is 1. The molecule has 0 fully saturated rings. The summed E-state index contributed by atoms with van der Waals surface area (Å²) in [6, 6.07) is 18.1. The Balaban J connectivity index is 1.82. The van der Waals surface area contributed by atoms with Crippen molar-refractivity contribution in [2.75, 3.05) is 13.2 Å². The molecular weight excluding hydrogens is 574 g/mol. The van der Waals surface area contributed by atoms with E-state index in [9.17, 15) is 9.59 Å². The fraction of sp³-hybridized carbons (Fsp3) is 0.214. The second kappa shape index (κ2) is 12.2. The number of esters is 1. The van der Waals surface area contributed by atoms with Gasteiger partial charge in [0.1, 0.15) is 5.02 Å². The van der Waals surface area contributed by atoms with Gasteiger partial charge in [-0.05, 0) is 54.9 Å². The van der Waals surface area contributed by atoms with Gasteiger partial charge in [0.25, 0.3) is 5.56 Å². The van der Waals surface area contributed by atoms with E-state index >= 15 is 0 Å². The minimum Gasteiger partial charge on any atom is -0.490 e. The molecule has 0 bridgehead atoms. The maximum atomic E-state index is 13.4. The predicted octanol–water partition coefficient (Wildman–Crippen LogP) is 6.09. The third-order valence-electron chi connectivity index (χ3n) is 5.47. The average molecular weight is 599 g/mol. The first-order chi connectivity index (χ1) is 18.3. The quantitative estimate of drug-likeness (QED) is 0.171. The maximum absolute atomic E-state index is 13.4. The van der Waals surface area contributed by atoms with Crippen LogP contribution in [0.15, 0.2) is 75.0 Å². The van der Waals surface area contributed by atoms with Crippen LogP contribution in [0, 0.1) is 0 Å². The zero-order chi connectivity index (χ0) is 27.2. The highest BCUT2D eigenvalue weighted by Gasteiger charge is 2.23. The monoisotopic (exact) mass is 597 g/mol. The number of ether oxygens (including phenoxy) is 3. The molecule has 4 rings (SSSR count). The summed E-state index contributed by atoms with van der Waals surface area (Å²) in [5.41, 5.74) is 1.51. The Labute approximate surface area is 232 Å². The number of aromatic nitrogens is 2. The fourth-order valence-electron chi connectivity index (χ4n) is 3.68. The van der Waals surface area contributed by atoms with Gasteiger partial charge in [0.15, 0.2) is 23.4 Å². The van der Waals surface area contributed by atoms with Gasteiger partial charge in [0.2, 0.25) is 0 Å². The van der Waals surface area contributed by atoms with Gasteiger partial charge < -0.3 is 14.2 Å². The first kappa shape index (κ1) is 27.3. The number of halogens is 2. The van der Waals surface area contributed by atoms with Crippen molar-refractivity contribution >= 4 is 50.6 Å². The van der Waals surface area contributed by atoms with E-state index in [0.29, 0.717) is 39.1 Å². The zero-order valence-electron chi connectivity index (χ0n) is 21.0. The molecule has 38 heavy (non-hydrogen) atoms. The van der Waals surface area contributed by atoms with Crippen LogP contribution in [0.25, 0.3) is 22.3 Å². The molecule has 196 valence electrons. The summed E-state index contributed by atoms with van der Waals surface area (Å²) in [5, 5.41) is 5.13. The molecule has 0 N–H and O–H groups in total. The number of nitrogens with zero attached hydrogens (tertiary/aromatic N) is 3. The first-order valence-electron chi connectivity index (χ1n) is 11.9. The molecule has 4 aromatic rings. The van der Waals surface area contributed by atoms with Gasteiger partial charge >= 0.3 is 5.97 Å². The second-order valence-corrected chi connectivity index (χ2v) is 9.22. The molecule has 3 aromatic carbocycles. The third kappa shape index (κ3) is 5.74. The highest BCUT2D eigenvalue weighted by Crippen LogP contribution is 2.43. The molecule has 0 aliphatic rings. The van der Waals surface area contributed by atoms with Crippen LogP contribution in [0.2, 0.25) is 5.02 Å². The Hall–Kier alpha value is -3.69. The lowest BCUT2D eigenvalue weighted by molar-refractivity contribution is -0.150. The minimum atomic E-state index is -0.909. The summed E-state index contributed by atoms with van der Waals surface area (Å²) in [6.07, 6.45) is 0.579. The number of para-hydroxylation sites is 1. The van der Waals surface area contributed by atoms with Gasteiger partial charge in [0, 0.05) is 15.6 Å². The highest BCUT2D eigenvalue weighted by atomic mass is 79.9. The Morgan fingerprint density at radius 2 is 1.84 bits per heavy atom. The summed E-state index contributed by atoms with van der Waals surface area (Å²) in [5.74, 6) is 0.364.